The van der Waals surface area contributed by atoms with Crippen LogP contribution in [0.5, 0.6) is 0 Å². The Bertz CT molecular complexity index is 1500. The lowest BCUT2D eigenvalue weighted by atomic mass is 9.85. The summed E-state index contributed by atoms with van der Waals surface area (Å²) in [6.45, 7) is 3.49. The monoisotopic (exact) mass is 549 g/mol. The highest BCUT2D eigenvalue weighted by molar-refractivity contribution is 6.30. The van der Waals surface area contributed by atoms with Crippen molar-refractivity contribution in [3.05, 3.63) is 64.7 Å². The van der Waals surface area contributed by atoms with Crippen LogP contribution >= 0.6 is 11.6 Å². The lowest BCUT2D eigenvalue weighted by Crippen LogP contribution is -2.40. The van der Waals surface area contributed by atoms with Crippen molar-refractivity contribution in [3.63, 3.8) is 0 Å². The molecule has 1 saturated carbocycles. The Morgan fingerprint density at radius 2 is 2.00 bits per heavy atom. The topological polar surface area (TPSA) is 86.6 Å². The Labute approximate surface area is 229 Å². The first-order valence-electron chi connectivity index (χ1n) is 12.9. The van der Waals surface area contributed by atoms with Gasteiger partial charge in [-0.3, -0.25) is 9.78 Å². The van der Waals surface area contributed by atoms with Crippen molar-refractivity contribution < 1.29 is 13.6 Å². The number of hydrogen-bond acceptors (Lipinski definition) is 7. The standard InChI is InChI=1S/C28H26ClF2N7O/c1-16-11-34-26-21(16)10-20(13-35-26)38-15-37(23-3-2-8-32-27(23)38)14-17-4-6-19(7-5-17)36-28(39)22-9-18(29)12-33-24(22)25(30)31/h2-3,8-10,12-13,17,19,25H,4-7,14-15H2,1H3,(H,36,39). The summed E-state index contributed by atoms with van der Waals surface area (Å²) >= 11 is 5.91. The van der Waals surface area contributed by atoms with Crippen molar-refractivity contribution in [2.75, 3.05) is 23.0 Å². The van der Waals surface area contributed by atoms with E-state index in [-0.39, 0.29) is 16.6 Å². The van der Waals surface area contributed by atoms with E-state index >= 15 is 0 Å². The van der Waals surface area contributed by atoms with Gasteiger partial charge in [-0.15, -0.1) is 0 Å². The number of halogens is 3. The van der Waals surface area contributed by atoms with E-state index in [1.807, 2.05) is 19.2 Å². The van der Waals surface area contributed by atoms with Crippen LogP contribution in [0.15, 0.2) is 47.8 Å². The van der Waals surface area contributed by atoms with E-state index in [1.54, 1.807) is 6.20 Å². The lowest BCUT2D eigenvalue weighted by Gasteiger charge is -2.32. The van der Waals surface area contributed by atoms with Crippen molar-refractivity contribution in [3.8, 4) is 0 Å². The SMILES string of the molecule is CC1=C=Nc2ncc(N3CN(CC4CCC(NC(=O)c5cc(Cl)cnc5C(F)F)CC4)c4cccnc43)cc21. The number of carbonyl (C=O) groups is 1. The third-order valence-electron chi connectivity index (χ3n) is 7.57. The van der Waals surface area contributed by atoms with E-state index in [9.17, 15) is 13.6 Å². The van der Waals surface area contributed by atoms with Gasteiger partial charge in [0.2, 0.25) is 0 Å². The van der Waals surface area contributed by atoms with Crippen molar-refractivity contribution in [1.29, 1.82) is 0 Å². The number of carbonyl (C=O) groups excluding carboxylic acids is 1. The van der Waals surface area contributed by atoms with Gasteiger partial charge >= 0.3 is 0 Å². The molecule has 6 rings (SSSR count). The third-order valence-corrected chi connectivity index (χ3v) is 7.78. The van der Waals surface area contributed by atoms with Crippen LogP contribution < -0.4 is 15.1 Å². The van der Waals surface area contributed by atoms with Crippen LogP contribution in [-0.2, 0) is 0 Å². The molecule has 200 valence electrons. The molecule has 8 nitrogen and oxygen atoms in total. The average molecular weight is 550 g/mol. The molecule has 1 aliphatic carbocycles. The first-order chi connectivity index (χ1) is 18.9. The number of nitrogens with one attached hydrogen (secondary N) is 1. The number of alkyl halides is 2. The van der Waals surface area contributed by atoms with E-state index < -0.39 is 18.0 Å². The van der Waals surface area contributed by atoms with Crippen molar-refractivity contribution in [1.82, 2.24) is 20.3 Å². The molecule has 0 saturated heterocycles. The zero-order chi connectivity index (χ0) is 27.1. The number of nitrogens with zero attached hydrogens (tertiary/aromatic N) is 6. The second-order valence-corrected chi connectivity index (χ2v) is 10.6. The summed E-state index contributed by atoms with van der Waals surface area (Å²) in [6, 6.07) is 7.29. The highest BCUT2D eigenvalue weighted by atomic mass is 35.5. The predicted octanol–water partition coefficient (Wildman–Crippen LogP) is 6.09. The van der Waals surface area contributed by atoms with Crippen LogP contribution in [0.2, 0.25) is 5.02 Å². The smallest absolute Gasteiger partial charge is 0.281 e. The van der Waals surface area contributed by atoms with Gasteiger partial charge in [0.15, 0.2) is 11.6 Å². The second kappa shape index (κ2) is 10.4. The first kappa shape index (κ1) is 25.4. The number of fused-ring (bicyclic) bond motifs is 2. The van der Waals surface area contributed by atoms with Gasteiger partial charge < -0.3 is 15.1 Å². The number of aliphatic imine (C=N–C) groups is 1. The van der Waals surface area contributed by atoms with E-state index in [1.165, 1.54) is 6.07 Å². The highest BCUT2D eigenvalue weighted by Crippen LogP contribution is 2.41. The van der Waals surface area contributed by atoms with Gasteiger partial charge in [0.25, 0.3) is 12.3 Å². The fourth-order valence-corrected chi connectivity index (χ4v) is 5.70. The maximum Gasteiger partial charge on any atom is 0.281 e. The number of aromatic nitrogens is 3. The Hall–Kier alpha value is -3.88. The van der Waals surface area contributed by atoms with Crippen molar-refractivity contribution in [2.45, 2.75) is 45.1 Å². The molecule has 3 aromatic heterocycles. The maximum absolute atomic E-state index is 13.4. The number of hydrogen-bond donors (Lipinski definition) is 1. The normalized spacial score (nSPS) is 19.8. The second-order valence-electron chi connectivity index (χ2n) is 10.1. The van der Waals surface area contributed by atoms with E-state index in [0.29, 0.717) is 18.4 Å². The first-order valence-corrected chi connectivity index (χ1v) is 13.3. The van der Waals surface area contributed by atoms with E-state index in [4.69, 9.17) is 11.6 Å². The lowest BCUT2D eigenvalue weighted by molar-refractivity contribution is 0.0906. The highest BCUT2D eigenvalue weighted by Gasteiger charge is 2.32. The molecule has 1 amide bonds. The summed E-state index contributed by atoms with van der Waals surface area (Å²) in [5, 5.41) is 3.07. The molecule has 1 fully saturated rings. The van der Waals surface area contributed by atoms with Gasteiger partial charge in [-0.2, -0.15) is 4.99 Å². The van der Waals surface area contributed by atoms with Crippen LogP contribution in [0.4, 0.5) is 31.8 Å². The Morgan fingerprint density at radius 3 is 2.79 bits per heavy atom. The molecule has 0 spiro atoms. The van der Waals surface area contributed by atoms with Gasteiger partial charge in [-0.1, -0.05) is 11.6 Å². The molecule has 0 bridgehead atoms. The summed E-state index contributed by atoms with van der Waals surface area (Å²) in [5.41, 5.74) is 3.27. The summed E-state index contributed by atoms with van der Waals surface area (Å²) in [6.07, 6.45) is 5.27. The number of anilines is 3. The molecule has 39 heavy (non-hydrogen) atoms. The zero-order valence-electron chi connectivity index (χ0n) is 21.2. The summed E-state index contributed by atoms with van der Waals surface area (Å²) < 4.78 is 26.7. The predicted molar refractivity (Wildman–Crippen MR) is 146 cm³/mol. The van der Waals surface area contributed by atoms with Gasteiger partial charge in [-0.05, 0) is 68.7 Å². The Balaban J connectivity index is 1.10. The van der Waals surface area contributed by atoms with Crippen LogP contribution in [0, 0.1) is 5.92 Å². The number of rotatable bonds is 6. The van der Waals surface area contributed by atoms with Crippen LogP contribution in [0.1, 0.15) is 60.6 Å². The molecule has 0 unspecified atom stereocenters. The van der Waals surface area contributed by atoms with E-state index in [2.05, 4.69) is 53.1 Å². The molecule has 3 aliphatic rings. The van der Waals surface area contributed by atoms with Gasteiger partial charge in [0.05, 0.1) is 34.8 Å². The molecular weight excluding hydrogens is 524 g/mol. The molecule has 0 atom stereocenters. The molecule has 3 aromatic rings. The van der Waals surface area contributed by atoms with Crippen molar-refractivity contribution >= 4 is 52.0 Å². The molecule has 1 N–H and O–H groups in total. The van der Waals surface area contributed by atoms with Crippen LogP contribution in [0.3, 0.4) is 0 Å². The molecular formula is C28H26ClF2N7O. The van der Waals surface area contributed by atoms with Crippen molar-refractivity contribution in [2.24, 2.45) is 10.9 Å². The van der Waals surface area contributed by atoms with Gasteiger partial charge in [0.1, 0.15) is 5.69 Å². The number of pyridine rings is 3. The third kappa shape index (κ3) is 4.97. The Kier molecular flexibility index (Phi) is 6.74. The minimum Gasteiger partial charge on any atom is -0.350 e. The summed E-state index contributed by atoms with van der Waals surface area (Å²) in [5.74, 6) is 4.43. The van der Waals surface area contributed by atoms with Crippen LogP contribution in [0.25, 0.3) is 5.57 Å². The average Bonchev–Trinajstić information content (AvgIpc) is 3.49. The summed E-state index contributed by atoms with van der Waals surface area (Å²) in [7, 11) is 0. The summed E-state index contributed by atoms with van der Waals surface area (Å²) in [4.78, 5) is 34.3. The van der Waals surface area contributed by atoms with Gasteiger partial charge in [-0.25, -0.2) is 18.7 Å². The number of amides is 1. The quantitative estimate of drug-likeness (QED) is 0.401. The molecule has 0 radical (unpaired) electrons. The molecule has 0 aromatic carbocycles. The molecule has 11 heteroatoms. The Morgan fingerprint density at radius 1 is 1.18 bits per heavy atom. The fraction of sp³-hybridized carbons (Fsp3) is 0.357. The molecule has 2 aliphatic heterocycles. The number of allylic oxidation sites excluding steroid dienone is 1. The maximum atomic E-state index is 13.4. The fourth-order valence-electron chi connectivity index (χ4n) is 5.54. The minimum absolute atomic E-state index is 0.0849. The minimum atomic E-state index is -2.85. The van der Waals surface area contributed by atoms with Gasteiger partial charge in [0, 0.05) is 36.1 Å². The zero-order valence-corrected chi connectivity index (χ0v) is 22.0. The van der Waals surface area contributed by atoms with E-state index in [0.717, 1.165) is 66.8 Å². The molecule has 5 heterocycles. The van der Waals surface area contributed by atoms with Crippen LogP contribution in [-0.4, -0.2) is 46.0 Å². The largest absolute Gasteiger partial charge is 0.350 e.